The second-order valence-corrected chi connectivity index (χ2v) is 5.97. The van der Waals surface area contributed by atoms with Crippen LogP contribution in [-0.4, -0.2) is 20.4 Å². The van der Waals surface area contributed by atoms with Crippen molar-refractivity contribution in [2.45, 2.75) is 26.2 Å². The zero-order valence-corrected chi connectivity index (χ0v) is 11.8. The monoisotopic (exact) mass is 267 g/mol. The molecule has 3 aromatic rings. The van der Waals surface area contributed by atoms with Crippen LogP contribution >= 0.6 is 0 Å². The first-order valence-electron chi connectivity index (χ1n) is 6.61. The molecular formula is C16H17N3O. The van der Waals surface area contributed by atoms with Crippen LogP contribution in [-0.2, 0) is 5.41 Å². The number of benzene rings is 2. The van der Waals surface area contributed by atoms with Gasteiger partial charge in [-0.25, -0.2) is 0 Å². The second kappa shape index (κ2) is 4.34. The Labute approximate surface area is 117 Å². The fourth-order valence-electron chi connectivity index (χ4n) is 2.46. The molecule has 0 fully saturated rings. The quantitative estimate of drug-likeness (QED) is 0.685. The van der Waals surface area contributed by atoms with Gasteiger partial charge in [0.25, 0.3) is 0 Å². The number of hydrogen-bond acceptors (Lipinski definition) is 3. The molecule has 0 saturated carbocycles. The van der Waals surface area contributed by atoms with Crippen LogP contribution < -0.4 is 0 Å². The summed E-state index contributed by atoms with van der Waals surface area (Å²) >= 11 is 0. The Kier molecular flexibility index (Phi) is 2.74. The van der Waals surface area contributed by atoms with Gasteiger partial charge in [0.1, 0.15) is 11.0 Å². The molecule has 1 aromatic heterocycles. The van der Waals surface area contributed by atoms with E-state index in [-0.39, 0.29) is 5.41 Å². The molecule has 1 N–H and O–H groups in total. The summed E-state index contributed by atoms with van der Waals surface area (Å²) in [6.45, 7) is 6.61. The number of nitrogens with zero attached hydrogens (tertiary/aromatic N) is 3. The molecular weight excluding hydrogens is 250 g/mol. The molecule has 2 aromatic carbocycles. The predicted octanol–water partition coefficient (Wildman–Crippen LogP) is 3.63. The zero-order valence-electron chi connectivity index (χ0n) is 11.8. The van der Waals surface area contributed by atoms with Crippen LogP contribution in [0.1, 0.15) is 26.3 Å². The van der Waals surface area contributed by atoms with E-state index < -0.39 is 0 Å². The fraction of sp³-hybridized carbons (Fsp3) is 0.250. The summed E-state index contributed by atoms with van der Waals surface area (Å²) in [6.07, 6.45) is 0. The van der Waals surface area contributed by atoms with Gasteiger partial charge < -0.3 is 5.21 Å². The van der Waals surface area contributed by atoms with Crippen molar-refractivity contribution in [2.75, 3.05) is 0 Å². The van der Waals surface area contributed by atoms with Crippen LogP contribution in [0.3, 0.4) is 0 Å². The van der Waals surface area contributed by atoms with Gasteiger partial charge in [-0.3, -0.25) is 0 Å². The van der Waals surface area contributed by atoms with Gasteiger partial charge >= 0.3 is 0 Å². The summed E-state index contributed by atoms with van der Waals surface area (Å²) in [6, 6.07) is 14.2. The first-order chi connectivity index (χ1) is 9.45. The minimum Gasteiger partial charge on any atom is -0.396 e. The van der Waals surface area contributed by atoms with E-state index in [0.29, 0.717) is 16.0 Å². The van der Waals surface area contributed by atoms with Crippen LogP contribution in [0.5, 0.6) is 0 Å². The molecule has 0 saturated heterocycles. The summed E-state index contributed by atoms with van der Waals surface area (Å²) in [4.78, 5) is 0.615. The molecule has 0 atom stereocenters. The van der Waals surface area contributed by atoms with Crippen molar-refractivity contribution in [3.8, 4) is 11.1 Å². The van der Waals surface area contributed by atoms with Gasteiger partial charge in [-0.15, -0.1) is 10.2 Å². The molecule has 0 spiro atoms. The minimum atomic E-state index is 0.0696. The third kappa shape index (κ3) is 2.13. The molecule has 1 heterocycles. The Morgan fingerprint density at radius 2 is 1.65 bits per heavy atom. The summed E-state index contributed by atoms with van der Waals surface area (Å²) in [5.74, 6) is 0. The highest BCUT2D eigenvalue weighted by Gasteiger charge is 2.18. The Bertz CT molecular complexity index is 769. The van der Waals surface area contributed by atoms with Gasteiger partial charge in [-0.05, 0) is 39.2 Å². The SMILES string of the molecule is CC(C)(C)c1ccccc1-c1ccc2nn(O)nc2c1. The van der Waals surface area contributed by atoms with Gasteiger partial charge in [0, 0.05) is 0 Å². The number of fused-ring (bicyclic) bond motifs is 1. The molecule has 0 radical (unpaired) electrons. The highest BCUT2D eigenvalue weighted by Crippen LogP contribution is 2.33. The molecule has 20 heavy (non-hydrogen) atoms. The van der Waals surface area contributed by atoms with Crippen LogP contribution in [0.2, 0.25) is 0 Å². The molecule has 0 aliphatic heterocycles. The van der Waals surface area contributed by atoms with Crippen molar-refractivity contribution in [1.82, 2.24) is 15.2 Å². The number of rotatable bonds is 1. The molecule has 0 unspecified atom stereocenters. The maximum atomic E-state index is 9.30. The van der Waals surface area contributed by atoms with Crippen LogP contribution in [0.25, 0.3) is 22.2 Å². The first-order valence-corrected chi connectivity index (χ1v) is 6.61. The van der Waals surface area contributed by atoms with Crippen molar-refractivity contribution >= 4 is 11.0 Å². The van der Waals surface area contributed by atoms with E-state index in [1.807, 2.05) is 24.3 Å². The Balaban J connectivity index is 2.20. The lowest BCUT2D eigenvalue weighted by Gasteiger charge is -2.23. The van der Waals surface area contributed by atoms with Gasteiger partial charge in [0.05, 0.1) is 0 Å². The van der Waals surface area contributed by atoms with Crippen molar-refractivity contribution in [3.05, 3.63) is 48.0 Å². The van der Waals surface area contributed by atoms with Crippen molar-refractivity contribution in [2.24, 2.45) is 0 Å². The largest absolute Gasteiger partial charge is 0.396 e. The average Bonchev–Trinajstić information content (AvgIpc) is 2.76. The van der Waals surface area contributed by atoms with Crippen molar-refractivity contribution in [3.63, 3.8) is 0 Å². The van der Waals surface area contributed by atoms with Crippen molar-refractivity contribution in [1.29, 1.82) is 0 Å². The van der Waals surface area contributed by atoms with E-state index >= 15 is 0 Å². The average molecular weight is 267 g/mol. The Morgan fingerprint density at radius 1 is 0.950 bits per heavy atom. The molecule has 3 rings (SSSR count). The van der Waals surface area contributed by atoms with Gasteiger partial charge in [0.15, 0.2) is 0 Å². The topological polar surface area (TPSA) is 50.9 Å². The fourth-order valence-corrected chi connectivity index (χ4v) is 2.46. The van der Waals surface area contributed by atoms with E-state index in [2.05, 4.69) is 49.2 Å². The molecule has 4 nitrogen and oxygen atoms in total. The minimum absolute atomic E-state index is 0.0696. The molecule has 0 aliphatic carbocycles. The first kappa shape index (κ1) is 12.7. The smallest absolute Gasteiger partial charge is 0.117 e. The van der Waals surface area contributed by atoms with Crippen LogP contribution in [0, 0.1) is 0 Å². The van der Waals surface area contributed by atoms with Gasteiger partial charge in [-0.2, -0.15) is 0 Å². The molecule has 0 amide bonds. The van der Waals surface area contributed by atoms with E-state index in [1.54, 1.807) is 0 Å². The lowest BCUT2D eigenvalue weighted by molar-refractivity contribution is 0.113. The summed E-state index contributed by atoms with van der Waals surface area (Å²) in [7, 11) is 0. The Hall–Kier alpha value is -2.36. The molecule has 102 valence electrons. The normalized spacial score (nSPS) is 11.9. The van der Waals surface area contributed by atoms with E-state index in [1.165, 1.54) is 11.1 Å². The third-order valence-corrected chi connectivity index (χ3v) is 3.42. The third-order valence-electron chi connectivity index (χ3n) is 3.42. The second-order valence-electron chi connectivity index (χ2n) is 5.97. The molecule has 0 aliphatic rings. The number of hydrogen-bond donors (Lipinski definition) is 1. The van der Waals surface area contributed by atoms with Gasteiger partial charge in [0.2, 0.25) is 0 Å². The maximum Gasteiger partial charge on any atom is 0.117 e. The molecule has 0 bridgehead atoms. The lowest BCUT2D eigenvalue weighted by Crippen LogP contribution is -2.12. The zero-order chi connectivity index (χ0) is 14.3. The van der Waals surface area contributed by atoms with Crippen LogP contribution in [0.15, 0.2) is 42.5 Å². The highest BCUT2D eigenvalue weighted by molar-refractivity contribution is 5.82. The standard InChI is InChI=1S/C16H17N3O/c1-16(2,3)13-7-5-4-6-12(13)11-8-9-14-15(10-11)18-19(20)17-14/h4-10,20H,1-3H3. The lowest BCUT2D eigenvalue weighted by atomic mass is 9.82. The Morgan fingerprint density at radius 3 is 2.40 bits per heavy atom. The van der Waals surface area contributed by atoms with E-state index in [9.17, 15) is 5.21 Å². The van der Waals surface area contributed by atoms with Crippen LogP contribution in [0.4, 0.5) is 0 Å². The number of aromatic nitrogens is 3. The molecule has 4 heteroatoms. The summed E-state index contributed by atoms with van der Waals surface area (Å²) in [5.41, 5.74) is 5.01. The van der Waals surface area contributed by atoms with Crippen molar-refractivity contribution < 1.29 is 5.21 Å². The summed E-state index contributed by atoms with van der Waals surface area (Å²) in [5, 5.41) is 17.1. The summed E-state index contributed by atoms with van der Waals surface area (Å²) < 4.78 is 0. The van der Waals surface area contributed by atoms with E-state index in [0.717, 1.165) is 5.56 Å². The highest BCUT2D eigenvalue weighted by atomic mass is 16.5. The van der Waals surface area contributed by atoms with Gasteiger partial charge in [-0.1, -0.05) is 51.1 Å². The predicted molar refractivity (Wildman–Crippen MR) is 78.8 cm³/mol. The van der Waals surface area contributed by atoms with E-state index in [4.69, 9.17) is 0 Å². The maximum absolute atomic E-state index is 9.30.